The van der Waals surface area contributed by atoms with E-state index in [0.29, 0.717) is 17.2 Å². The quantitative estimate of drug-likeness (QED) is 0.401. The first-order valence-electron chi connectivity index (χ1n) is 10.4. The third kappa shape index (κ3) is 6.26. The minimum atomic E-state index is -1.71. The summed E-state index contributed by atoms with van der Waals surface area (Å²) in [4.78, 5) is 31.4. The van der Waals surface area contributed by atoms with Gasteiger partial charge in [0.2, 0.25) is 5.60 Å². The van der Waals surface area contributed by atoms with Gasteiger partial charge in [0.15, 0.2) is 0 Å². The lowest BCUT2D eigenvalue weighted by molar-refractivity contribution is -0.144. The molecule has 0 fully saturated rings. The maximum Gasteiger partial charge on any atom is 0.475 e. The second-order valence-corrected chi connectivity index (χ2v) is 8.63. The Hall–Kier alpha value is -2.59. The number of hydrogen-bond acceptors (Lipinski definition) is 6. The standard InChI is InChI=1S/C22H24BCl2N3O5/c1-2-19(23(31)32)27-21(30)22(11-14-6-4-3-5-7-14)12-16(28-33-22)13-26-20(29)17-10-15(24)8-9-18(17)25/h3-10,19,31-32H,2,11-13H2,1H3,(H,26,29)(H,27,30). The van der Waals surface area contributed by atoms with E-state index >= 15 is 0 Å². The van der Waals surface area contributed by atoms with Crippen molar-refractivity contribution in [1.82, 2.24) is 10.6 Å². The van der Waals surface area contributed by atoms with E-state index < -0.39 is 30.5 Å². The Morgan fingerprint density at radius 1 is 1.21 bits per heavy atom. The molecule has 1 heterocycles. The lowest BCUT2D eigenvalue weighted by Gasteiger charge is -2.28. The summed E-state index contributed by atoms with van der Waals surface area (Å²) in [5.41, 5.74) is 0.124. The number of nitrogens with zero attached hydrogens (tertiary/aromatic N) is 1. The number of amides is 2. The average molecular weight is 492 g/mol. The molecule has 2 aromatic carbocycles. The first-order chi connectivity index (χ1) is 15.7. The maximum atomic E-state index is 13.2. The van der Waals surface area contributed by atoms with E-state index in [2.05, 4.69) is 15.8 Å². The van der Waals surface area contributed by atoms with Crippen molar-refractivity contribution in [2.24, 2.45) is 5.16 Å². The topological polar surface area (TPSA) is 120 Å². The van der Waals surface area contributed by atoms with Crippen molar-refractivity contribution in [1.29, 1.82) is 0 Å². The van der Waals surface area contributed by atoms with E-state index in [-0.39, 0.29) is 30.0 Å². The lowest BCUT2D eigenvalue weighted by atomic mass is 9.77. The molecule has 2 aromatic rings. The van der Waals surface area contributed by atoms with Gasteiger partial charge in [-0.15, -0.1) is 0 Å². The summed E-state index contributed by atoms with van der Waals surface area (Å²) in [6.45, 7) is 1.76. The molecule has 2 unspecified atom stereocenters. The van der Waals surface area contributed by atoms with E-state index in [0.717, 1.165) is 5.56 Å². The third-order valence-corrected chi connectivity index (χ3v) is 5.89. The summed E-state index contributed by atoms with van der Waals surface area (Å²) < 4.78 is 0. The smallest absolute Gasteiger partial charge is 0.426 e. The fourth-order valence-electron chi connectivity index (χ4n) is 3.50. The minimum Gasteiger partial charge on any atom is -0.426 e. The largest absolute Gasteiger partial charge is 0.475 e. The summed E-state index contributed by atoms with van der Waals surface area (Å²) in [5.74, 6) is -1.82. The molecule has 1 aliphatic heterocycles. The number of hydrogen-bond donors (Lipinski definition) is 4. The Labute approximate surface area is 202 Å². The molecule has 1 aliphatic rings. The molecule has 2 amide bonds. The van der Waals surface area contributed by atoms with Crippen LogP contribution in [0.2, 0.25) is 10.0 Å². The molecular weight excluding hydrogens is 468 g/mol. The molecule has 0 aliphatic carbocycles. The minimum absolute atomic E-state index is 0.0331. The maximum absolute atomic E-state index is 13.2. The summed E-state index contributed by atoms with van der Waals surface area (Å²) in [6, 6.07) is 13.8. The van der Waals surface area contributed by atoms with Gasteiger partial charge in [-0.05, 0) is 30.2 Å². The van der Waals surface area contributed by atoms with Crippen molar-refractivity contribution in [3.63, 3.8) is 0 Å². The predicted molar refractivity (Wildman–Crippen MR) is 127 cm³/mol. The monoisotopic (exact) mass is 491 g/mol. The van der Waals surface area contributed by atoms with Crippen LogP contribution in [0.3, 0.4) is 0 Å². The van der Waals surface area contributed by atoms with Gasteiger partial charge in [0.25, 0.3) is 11.8 Å². The molecule has 0 saturated carbocycles. The normalized spacial score (nSPS) is 18.2. The Bertz CT molecular complexity index is 1040. The first kappa shape index (κ1) is 25.0. The van der Waals surface area contributed by atoms with Crippen LogP contribution in [-0.4, -0.2) is 52.8 Å². The van der Waals surface area contributed by atoms with Gasteiger partial charge in [-0.2, -0.15) is 0 Å². The fourth-order valence-corrected chi connectivity index (χ4v) is 3.88. The highest BCUT2D eigenvalue weighted by Crippen LogP contribution is 2.29. The van der Waals surface area contributed by atoms with Gasteiger partial charge in [-0.1, -0.05) is 65.6 Å². The number of carbonyl (C=O) groups excluding carboxylic acids is 2. The van der Waals surface area contributed by atoms with E-state index in [1.54, 1.807) is 13.0 Å². The SMILES string of the molecule is CCC(NC(=O)C1(Cc2ccccc2)CC(CNC(=O)c2cc(Cl)ccc2Cl)=NO1)B(O)O. The van der Waals surface area contributed by atoms with Crippen LogP contribution in [0.15, 0.2) is 53.7 Å². The highest BCUT2D eigenvalue weighted by molar-refractivity contribution is 6.43. The van der Waals surface area contributed by atoms with Crippen molar-refractivity contribution >= 4 is 47.8 Å². The van der Waals surface area contributed by atoms with E-state index in [9.17, 15) is 19.6 Å². The Morgan fingerprint density at radius 2 is 1.94 bits per heavy atom. The average Bonchev–Trinajstić information content (AvgIpc) is 3.21. The Kier molecular flexibility index (Phi) is 8.37. The summed E-state index contributed by atoms with van der Waals surface area (Å²) in [7, 11) is -1.71. The molecule has 11 heteroatoms. The number of nitrogens with one attached hydrogen (secondary N) is 2. The van der Waals surface area contributed by atoms with E-state index in [4.69, 9.17) is 28.0 Å². The number of carbonyl (C=O) groups is 2. The van der Waals surface area contributed by atoms with Crippen LogP contribution >= 0.6 is 23.2 Å². The van der Waals surface area contributed by atoms with Crippen LogP contribution in [-0.2, 0) is 16.1 Å². The molecule has 0 saturated heterocycles. The van der Waals surface area contributed by atoms with Crippen molar-refractivity contribution in [2.45, 2.75) is 37.7 Å². The zero-order valence-corrected chi connectivity index (χ0v) is 19.4. The molecule has 4 N–H and O–H groups in total. The summed E-state index contributed by atoms with van der Waals surface area (Å²) in [6.07, 6.45) is 0.628. The predicted octanol–water partition coefficient (Wildman–Crippen LogP) is 2.39. The number of halogens is 2. The van der Waals surface area contributed by atoms with Gasteiger partial charge >= 0.3 is 7.12 Å². The highest BCUT2D eigenvalue weighted by Gasteiger charge is 2.47. The van der Waals surface area contributed by atoms with Gasteiger partial charge in [-0.3, -0.25) is 9.59 Å². The van der Waals surface area contributed by atoms with Crippen molar-refractivity contribution in [3.05, 3.63) is 69.7 Å². The first-order valence-corrected chi connectivity index (χ1v) is 11.2. The van der Waals surface area contributed by atoms with Crippen LogP contribution in [0.4, 0.5) is 0 Å². The second kappa shape index (κ2) is 11.0. The Morgan fingerprint density at radius 3 is 2.61 bits per heavy atom. The summed E-state index contributed by atoms with van der Waals surface area (Å²) >= 11 is 12.0. The van der Waals surface area contributed by atoms with Crippen LogP contribution in [0.5, 0.6) is 0 Å². The molecule has 33 heavy (non-hydrogen) atoms. The van der Waals surface area contributed by atoms with Crippen LogP contribution in [0.25, 0.3) is 0 Å². The number of benzene rings is 2. The highest BCUT2D eigenvalue weighted by atomic mass is 35.5. The molecule has 2 atom stereocenters. The third-order valence-electron chi connectivity index (χ3n) is 5.33. The molecule has 174 valence electrons. The van der Waals surface area contributed by atoms with Crippen molar-refractivity contribution < 1.29 is 24.5 Å². The van der Waals surface area contributed by atoms with E-state index in [1.165, 1.54) is 12.1 Å². The van der Waals surface area contributed by atoms with Gasteiger partial charge in [0, 0.05) is 17.9 Å². The van der Waals surface area contributed by atoms with Crippen LogP contribution in [0, 0.1) is 0 Å². The molecule has 0 aromatic heterocycles. The van der Waals surface area contributed by atoms with Gasteiger partial charge < -0.3 is 25.5 Å². The molecule has 0 radical (unpaired) electrons. The molecule has 0 bridgehead atoms. The summed E-state index contributed by atoms with van der Waals surface area (Å²) in [5, 5.41) is 29.1. The van der Waals surface area contributed by atoms with Gasteiger partial charge in [0.1, 0.15) is 0 Å². The molecule has 3 rings (SSSR count). The molecular formula is C22H24BCl2N3O5. The zero-order chi connectivity index (χ0) is 24.0. The second-order valence-electron chi connectivity index (χ2n) is 7.79. The van der Waals surface area contributed by atoms with Gasteiger partial charge in [-0.25, -0.2) is 0 Å². The van der Waals surface area contributed by atoms with Gasteiger partial charge in [0.05, 0.1) is 28.8 Å². The number of oxime groups is 1. The van der Waals surface area contributed by atoms with Crippen LogP contribution < -0.4 is 10.6 Å². The van der Waals surface area contributed by atoms with Crippen LogP contribution in [0.1, 0.15) is 35.7 Å². The van der Waals surface area contributed by atoms with E-state index in [1.807, 2.05) is 30.3 Å². The fraction of sp³-hybridized carbons (Fsp3) is 0.318. The molecule has 8 nitrogen and oxygen atoms in total. The number of rotatable bonds is 9. The van der Waals surface area contributed by atoms with Crippen molar-refractivity contribution in [3.8, 4) is 0 Å². The zero-order valence-electron chi connectivity index (χ0n) is 17.9. The lowest BCUT2D eigenvalue weighted by Crippen LogP contribution is -2.55. The van der Waals surface area contributed by atoms with Crippen molar-refractivity contribution in [2.75, 3.05) is 6.54 Å². The Balaban J connectivity index is 1.73. The molecule has 0 spiro atoms.